The molecule has 0 aliphatic heterocycles. The molecule has 0 spiro atoms. The molecular weight excluding hydrogens is 483 g/mol. The number of hydrogen-bond acceptors (Lipinski definition) is 5. The Hall–Kier alpha value is -1.87. The zero-order valence-corrected chi connectivity index (χ0v) is 17.0. The van der Waals surface area contributed by atoms with Gasteiger partial charge in [0.2, 0.25) is 16.6 Å². The number of hydrogen-bond donors (Lipinski definition) is 3. The maximum atomic E-state index is 10.2. The fourth-order valence-corrected chi connectivity index (χ4v) is 2.99. The number of imidazole rings is 1. The fraction of sp³-hybridized carbons (Fsp3) is 0. The molecule has 0 aliphatic carbocycles. The van der Waals surface area contributed by atoms with E-state index in [2.05, 4.69) is 19.9 Å². The number of non-ortho nitro benzene ring substituents is 1. The molecule has 0 bridgehead atoms. The number of fused-ring (bicyclic) bond motifs is 1. The van der Waals surface area contributed by atoms with E-state index in [1.54, 1.807) is 12.7 Å². The zero-order chi connectivity index (χ0) is 15.4. The summed E-state index contributed by atoms with van der Waals surface area (Å²) in [5, 5.41) is 19.3. The standard InChI is InChI=1S/C6H4NO3.C5H4N4S.Hg/c8-6-3-1-5(2-4-6)7(9)10;10-5-3-4(7-1-6-3)8-2-9-5;/h1-3,8H;1-2H,(H2,6,7,8,9,10);/p+1. The van der Waals surface area contributed by atoms with E-state index in [0.717, 1.165) is 11.2 Å². The van der Waals surface area contributed by atoms with Crippen molar-refractivity contribution in [2.75, 3.05) is 0 Å². The van der Waals surface area contributed by atoms with Crippen LogP contribution in [0.25, 0.3) is 11.2 Å². The summed E-state index contributed by atoms with van der Waals surface area (Å²) in [7, 11) is 0. The van der Waals surface area contributed by atoms with Crippen molar-refractivity contribution >= 4 is 32.1 Å². The molecule has 3 rings (SSSR count). The van der Waals surface area contributed by atoms with Crippen LogP contribution in [0.4, 0.5) is 5.69 Å². The maximum Gasteiger partial charge on any atom is 0.249 e. The van der Waals surface area contributed by atoms with Gasteiger partial charge >= 0.3 is 79.0 Å². The van der Waals surface area contributed by atoms with E-state index >= 15 is 0 Å². The normalized spacial score (nSPS) is 10.0. The summed E-state index contributed by atoms with van der Waals surface area (Å²) in [6, 6.07) is 4.07. The molecule has 0 amide bonds. The molecule has 0 unspecified atom stereocenters. The molecule has 0 saturated heterocycles. The van der Waals surface area contributed by atoms with Gasteiger partial charge in [0.25, 0.3) is 0 Å². The first-order valence-electron chi connectivity index (χ1n) is 5.71. The summed E-state index contributed by atoms with van der Waals surface area (Å²) in [6.07, 6.45) is 3.26. The Bertz CT molecular complexity index is 847. The number of benzene rings is 1. The molecule has 3 aromatic rings. The summed E-state index contributed by atoms with van der Waals surface area (Å²) < 4.78 is 1.38. The first-order valence-corrected chi connectivity index (χ1v) is 8.86. The van der Waals surface area contributed by atoms with Crippen molar-refractivity contribution in [2.45, 2.75) is 0 Å². The SMILES string of the molecule is O=[N+]([O-])c1ccc(O)[c]([Hg])c1.S=c1[nH+]c[nH]c2nc[nH]c12. The third-order valence-electron chi connectivity index (χ3n) is 2.55. The van der Waals surface area contributed by atoms with Crippen LogP contribution in [0.15, 0.2) is 30.9 Å². The molecule has 0 aliphatic rings. The van der Waals surface area contributed by atoms with E-state index in [0.29, 0.717) is 7.71 Å². The molecule has 21 heavy (non-hydrogen) atoms. The number of rotatable bonds is 1. The summed E-state index contributed by atoms with van der Waals surface area (Å²) in [5.41, 5.74) is 1.68. The van der Waals surface area contributed by atoms with Gasteiger partial charge in [-0.05, 0) is 12.2 Å². The van der Waals surface area contributed by atoms with Crippen molar-refractivity contribution in [1.29, 1.82) is 0 Å². The van der Waals surface area contributed by atoms with Crippen LogP contribution < -0.4 is 8.06 Å². The average Bonchev–Trinajstić information content (AvgIpc) is 2.92. The molecule has 8 nitrogen and oxygen atoms in total. The van der Waals surface area contributed by atoms with Crippen molar-refractivity contribution in [2.24, 2.45) is 0 Å². The smallest absolute Gasteiger partial charge is 0.249 e. The molecule has 1 aromatic carbocycles. The van der Waals surface area contributed by atoms with Gasteiger partial charge in [0.1, 0.15) is 0 Å². The number of nitro groups is 1. The number of nitro benzene ring substituents is 1. The second-order valence-corrected chi connectivity index (χ2v) is 7.33. The quantitative estimate of drug-likeness (QED) is 0.202. The number of aromatic nitrogens is 4. The zero-order valence-electron chi connectivity index (χ0n) is 10.7. The summed E-state index contributed by atoms with van der Waals surface area (Å²) in [5.74, 6) is 0.166. The third-order valence-corrected chi connectivity index (χ3v) is 5.08. The molecule has 10 heteroatoms. The van der Waals surface area contributed by atoms with E-state index in [9.17, 15) is 10.1 Å². The Morgan fingerprint density at radius 1 is 1.43 bits per heavy atom. The van der Waals surface area contributed by atoms with Gasteiger partial charge in [0.05, 0.1) is 6.33 Å². The number of nitrogens with zero attached hydrogens (tertiary/aromatic N) is 2. The van der Waals surface area contributed by atoms with Gasteiger partial charge in [0, 0.05) is 0 Å². The summed E-state index contributed by atoms with van der Waals surface area (Å²) in [6.45, 7) is 0. The molecule has 0 saturated carbocycles. The topological polar surface area (TPSA) is 122 Å². The molecular formula is C11H9HgN5O3S+. The van der Waals surface area contributed by atoms with E-state index in [1.807, 2.05) is 0 Å². The second-order valence-electron chi connectivity index (χ2n) is 3.96. The first-order chi connectivity index (χ1) is 9.99. The van der Waals surface area contributed by atoms with Crippen molar-refractivity contribution in [3.63, 3.8) is 0 Å². The van der Waals surface area contributed by atoms with Gasteiger partial charge < -0.3 is 4.98 Å². The van der Waals surface area contributed by atoms with Crippen molar-refractivity contribution in [1.82, 2.24) is 15.0 Å². The number of H-pyrrole nitrogens is 3. The molecule has 0 atom stereocenters. The number of aromatic amines is 3. The predicted molar refractivity (Wildman–Crippen MR) is 72.2 cm³/mol. The van der Waals surface area contributed by atoms with Gasteiger partial charge in [-0.3, -0.25) is 0 Å². The molecule has 2 heterocycles. The minimum atomic E-state index is -0.462. The number of aromatic hydroxyl groups is 1. The van der Waals surface area contributed by atoms with Crippen molar-refractivity contribution in [3.05, 3.63) is 45.6 Å². The van der Waals surface area contributed by atoms with E-state index in [-0.39, 0.29) is 37.6 Å². The minimum Gasteiger partial charge on any atom is -0.337 e. The van der Waals surface area contributed by atoms with E-state index < -0.39 is 4.92 Å². The predicted octanol–water partition coefficient (Wildman–Crippen LogP) is 0.907. The average molecular weight is 492 g/mol. The molecule has 103 valence electrons. The van der Waals surface area contributed by atoms with Gasteiger partial charge in [-0.25, -0.2) is 9.97 Å². The monoisotopic (exact) mass is 493 g/mol. The fourth-order valence-electron chi connectivity index (χ4n) is 1.50. The maximum absolute atomic E-state index is 10.2. The minimum absolute atomic E-state index is 0.0489. The van der Waals surface area contributed by atoms with Crippen LogP contribution in [0.5, 0.6) is 5.75 Å². The Labute approximate surface area is 139 Å². The van der Waals surface area contributed by atoms with Gasteiger partial charge in [0.15, 0.2) is 5.52 Å². The van der Waals surface area contributed by atoms with Crippen LogP contribution in [0.1, 0.15) is 0 Å². The first kappa shape index (κ1) is 15.5. The van der Waals surface area contributed by atoms with Crippen LogP contribution in [0.2, 0.25) is 0 Å². The Kier molecular flexibility index (Phi) is 4.96. The van der Waals surface area contributed by atoms with Crippen LogP contribution in [0.3, 0.4) is 0 Å². The number of phenols is 1. The van der Waals surface area contributed by atoms with Crippen LogP contribution in [-0.4, -0.2) is 25.0 Å². The second kappa shape index (κ2) is 6.72. The molecule has 2 aromatic heterocycles. The number of phenolic OH excluding ortho intramolecular Hbond substituents is 1. The van der Waals surface area contributed by atoms with Gasteiger partial charge in [-0.1, -0.05) is 0 Å². The van der Waals surface area contributed by atoms with Crippen LogP contribution in [0, 0.1) is 14.8 Å². The van der Waals surface area contributed by atoms with E-state index in [4.69, 9.17) is 17.3 Å². The van der Waals surface area contributed by atoms with E-state index in [1.165, 1.54) is 18.2 Å². The van der Waals surface area contributed by atoms with Crippen LogP contribution >= 0.6 is 12.2 Å². The van der Waals surface area contributed by atoms with Gasteiger partial charge in [-0.2, -0.15) is 4.98 Å². The van der Waals surface area contributed by atoms with Crippen molar-refractivity contribution in [3.8, 4) is 5.75 Å². The molecule has 4 N–H and O–H groups in total. The Morgan fingerprint density at radius 2 is 2.19 bits per heavy atom. The largest absolute Gasteiger partial charge is 0.337 e. The van der Waals surface area contributed by atoms with Crippen molar-refractivity contribution < 1.29 is 41.1 Å². The third kappa shape index (κ3) is 3.82. The summed E-state index contributed by atoms with van der Waals surface area (Å²) in [4.78, 5) is 22.4. The molecule has 0 radical (unpaired) electrons. The molecule has 0 fully saturated rings. The summed E-state index contributed by atoms with van der Waals surface area (Å²) >= 11 is 5.18. The Morgan fingerprint density at radius 3 is 2.81 bits per heavy atom. The number of nitrogens with one attached hydrogen (secondary N) is 3. The Balaban J connectivity index is 0.000000154. The van der Waals surface area contributed by atoms with Gasteiger partial charge in [-0.15, -0.1) is 0 Å². The van der Waals surface area contributed by atoms with Crippen LogP contribution in [-0.2, 0) is 26.1 Å².